The van der Waals surface area contributed by atoms with Crippen LogP contribution in [0, 0.1) is 0 Å². The molecule has 0 atom stereocenters. The Morgan fingerprint density at radius 1 is 1.60 bits per heavy atom. The molecular weight excluding hydrogens is 329 g/mol. The van der Waals surface area contributed by atoms with Gasteiger partial charge in [-0.15, -0.1) is 0 Å². The van der Waals surface area contributed by atoms with E-state index < -0.39 is 0 Å². The van der Waals surface area contributed by atoms with E-state index in [0.29, 0.717) is 0 Å². The molecule has 0 radical (unpaired) electrons. The first-order valence-corrected chi connectivity index (χ1v) is 11.4. The molecule has 0 unspecified atom stereocenters. The Morgan fingerprint density at radius 3 is 1.80 bits per heavy atom. The SMILES string of the molecule is C[CH2][V]([I])[I]. The topological polar surface area (TPSA) is 0 Å². The first-order chi connectivity index (χ1) is 2.27. The van der Waals surface area contributed by atoms with Crippen LogP contribution < -0.4 is 0 Å². The van der Waals surface area contributed by atoms with Gasteiger partial charge < -0.3 is 0 Å². The van der Waals surface area contributed by atoms with Gasteiger partial charge in [-0.05, 0) is 0 Å². The number of halogens is 2. The van der Waals surface area contributed by atoms with Gasteiger partial charge in [0, 0.05) is 0 Å². The molecule has 0 nitrogen and oxygen atoms in total. The van der Waals surface area contributed by atoms with Crippen LogP contribution in [-0.4, -0.2) is 0 Å². The van der Waals surface area contributed by atoms with Gasteiger partial charge in [-0.2, -0.15) is 0 Å². The van der Waals surface area contributed by atoms with Crippen molar-refractivity contribution < 1.29 is 8.34 Å². The van der Waals surface area contributed by atoms with Crippen LogP contribution in [0.15, 0.2) is 0 Å². The molecule has 0 N–H and O–H groups in total. The predicted molar refractivity (Wildman–Crippen MR) is 38.5 cm³/mol. The summed E-state index contributed by atoms with van der Waals surface area (Å²) in [4.78, 5) is 0. The summed E-state index contributed by atoms with van der Waals surface area (Å²) in [7, 11) is -0.261. The maximum absolute atomic E-state index is 2.54. The molecule has 0 aliphatic rings. The van der Waals surface area contributed by atoms with Gasteiger partial charge in [-0.1, -0.05) is 0 Å². The van der Waals surface area contributed by atoms with Gasteiger partial charge in [-0.25, -0.2) is 0 Å². The van der Waals surface area contributed by atoms with Crippen molar-refractivity contribution in [1.82, 2.24) is 0 Å². The summed E-state index contributed by atoms with van der Waals surface area (Å²) in [6.45, 7) is 2.25. The summed E-state index contributed by atoms with van der Waals surface area (Å²) in [5.74, 6) is 0. The number of hydrogen-bond donors (Lipinski definition) is 0. The first-order valence-electron chi connectivity index (χ1n) is 1.36. The summed E-state index contributed by atoms with van der Waals surface area (Å²) in [6.07, 6.45) is 0. The van der Waals surface area contributed by atoms with Crippen molar-refractivity contribution in [3.63, 3.8) is 0 Å². The molecular formula is C2H5I2V. The number of hydrogen-bond acceptors (Lipinski definition) is 0. The second-order valence-electron chi connectivity index (χ2n) is 0.619. The van der Waals surface area contributed by atoms with E-state index in [-0.39, 0.29) is 8.34 Å². The molecule has 32 valence electrons. The molecule has 0 rings (SSSR count). The fourth-order valence-corrected chi connectivity index (χ4v) is 0. The summed E-state index contributed by atoms with van der Waals surface area (Å²) < 4.78 is 0. The van der Waals surface area contributed by atoms with E-state index in [0.717, 1.165) is 0 Å². The molecule has 0 aromatic rings. The van der Waals surface area contributed by atoms with Crippen molar-refractivity contribution >= 4 is 40.0 Å². The maximum atomic E-state index is 2.54. The molecule has 0 saturated carbocycles. The van der Waals surface area contributed by atoms with Crippen LogP contribution in [0.4, 0.5) is 0 Å². The van der Waals surface area contributed by atoms with Gasteiger partial charge in [0.05, 0.1) is 0 Å². The van der Waals surface area contributed by atoms with E-state index in [1.165, 1.54) is 5.13 Å². The Morgan fingerprint density at radius 2 is 1.80 bits per heavy atom. The monoisotopic (exact) mass is 334 g/mol. The van der Waals surface area contributed by atoms with Gasteiger partial charge in [0.2, 0.25) is 0 Å². The summed E-state index contributed by atoms with van der Waals surface area (Å²) in [5.41, 5.74) is 0. The van der Waals surface area contributed by atoms with Crippen LogP contribution in [0.5, 0.6) is 0 Å². The van der Waals surface area contributed by atoms with E-state index in [1.807, 2.05) is 0 Å². The van der Waals surface area contributed by atoms with Gasteiger partial charge >= 0.3 is 60.3 Å². The zero-order chi connectivity index (χ0) is 4.28. The van der Waals surface area contributed by atoms with Crippen LogP contribution in [0.2, 0.25) is 5.13 Å². The van der Waals surface area contributed by atoms with Crippen molar-refractivity contribution in [2.75, 3.05) is 0 Å². The summed E-state index contributed by atoms with van der Waals surface area (Å²) >= 11 is 5.08. The third kappa shape index (κ3) is 6.04. The minimum absolute atomic E-state index is 0.261. The van der Waals surface area contributed by atoms with Crippen molar-refractivity contribution in [2.45, 2.75) is 12.1 Å². The summed E-state index contributed by atoms with van der Waals surface area (Å²) in [6, 6.07) is 0. The molecule has 0 bridgehead atoms. The molecule has 5 heavy (non-hydrogen) atoms. The van der Waals surface area contributed by atoms with Gasteiger partial charge in [0.25, 0.3) is 0 Å². The quantitative estimate of drug-likeness (QED) is 0.647. The van der Waals surface area contributed by atoms with Gasteiger partial charge in [0.15, 0.2) is 0 Å². The molecule has 0 spiro atoms. The average Bonchev–Trinajstić information content (AvgIpc) is 1.38. The van der Waals surface area contributed by atoms with Crippen LogP contribution in [0.25, 0.3) is 0 Å². The van der Waals surface area contributed by atoms with Gasteiger partial charge in [-0.3, -0.25) is 0 Å². The molecule has 3 heteroatoms. The molecule has 0 amide bonds. The molecule has 0 aromatic carbocycles. The predicted octanol–water partition coefficient (Wildman–Crippen LogP) is 2.74. The molecule has 0 heterocycles. The zero-order valence-electron chi connectivity index (χ0n) is 2.91. The fourth-order valence-electron chi connectivity index (χ4n) is 0. The number of rotatable bonds is 1. The van der Waals surface area contributed by atoms with E-state index in [9.17, 15) is 0 Å². The fraction of sp³-hybridized carbons (Fsp3) is 1.00. The van der Waals surface area contributed by atoms with E-state index in [4.69, 9.17) is 0 Å². The van der Waals surface area contributed by atoms with Crippen molar-refractivity contribution in [2.24, 2.45) is 0 Å². The molecule has 0 saturated heterocycles. The first kappa shape index (κ1) is 7.04. The van der Waals surface area contributed by atoms with Crippen LogP contribution in [0.3, 0.4) is 0 Å². The average molecular weight is 334 g/mol. The van der Waals surface area contributed by atoms with Crippen molar-refractivity contribution in [3.8, 4) is 0 Å². The van der Waals surface area contributed by atoms with Crippen LogP contribution in [-0.2, 0) is 8.34 Å². The Balaban J connectivity index is 2.54. The minimum atomic E-state index is -0.261. The Kier molecular flexibility index (Phi) is 5.93. The van der Waals surface area contributed by atoms with E-state index in [2.05, 4.69) is 46.9 Å². The summed E-state index contributed by atoms with van der Waals surface area (Å²) in [5, 5.41) is 1.42. The van der Waals surface area contributed by atoms with Crippen molar-refractivity contribution in [3.05, 3.63) is 0 Å². The third-order valence-electron chi connectivity index (χ3n) is 0.239. The molecule has 0 aliphatic carbocycles. The third-order valence-corrected chi connectivity index (χ3v) is 6.61. The molecule has 0 aromatic heterocycles. The second-order valence-corrected chi connectivity index (χ2v) is 19.8. The van der Waals surface area contributed by atoms with Gasteiger partial charge in [0.1, 0.15) is 0 Å². The van der Waals surface area contributed by atoms with Crippen LogP contribution in [0.1, 0.15) is 6.92 Å². The Bertz CT molecular complexity index is 21.6. The van der Waals surface area contributed by atoms with E-state index in [1.54, 1.807) is 0 Å². The normalized spacial score (nSPS) is 9.60. The standard InChI is InChI=1S/C2H5.2HI.V/c1-2;;;/h1H2,2H3;2*1H;/q;;;+2/p-2. The van der Waals surface area contributed by atoms with E-state index >= 15 is 0 Å². The second kappa shape index (κ2) is 4.21. The molecule has 0 aliphatic heterocycles. The van der Waals surface area contributed by atoms with Crippen molar-refractivity contribution in [1.29, 1.82) is 0 Å². The van der Waals surface area contributed by atoms with Crippen LogP contribution >= 0.6 is 40.0 Å². The Hall–Kier alpha value is 2.04. The zero-order valence-corrected chi connectivity index (χ0v) is 8.62. The molecule has 0 fully saturated rings. The Labute approximate surface area is 59.4 Å².